The van der Waals surface area contributed by atoms with E-state index in [0.717, 1.165) is 5.69 Å². The number of hydrogen-bond acceptors (Lipinski definition) is 3. The summed E-state index contributed by atoms with van der Waals surface area (Å²) in [5.74, 6) is 0. The van der Waals surface area contributed by atoms with Crippen LogP contribution in [0, 0.1) is 5.41 Å². The van der Waals surface area contributed by atoms with Crippen LogP contribution in [0.2, 0.25) is 5.02 Å². The number of benzene rings is 1. The van der Waals surface area contributed by atoms with Gasteiger partial charge in [0.05, 0.1) is 10.7 Å². The maximum Gasteiger partial charge on any atom is 0.0557 e. The summed E-state index contributed by atoms with van der Waals surface area (Å²) in [6.07, 6.45) is 0. The number of halogens is 1. The average Bonchev–Trinajstić information content (AvgIpc) is 2.16. The first-order chi connectivity index (χ1) is 6.20. The topological polar surface area (TPSA) is 61.9 Å². The van der Waals surface area contributed by atoms with E-state index in [-0.39, 0.29) is 6.54 Å². The predicted molar refractivity (Wildman–Crippen MR) is 56.9 cm³/mol. The summed E-state index contributed by atoms with van der Waals surface area (Å²) in [6.45, 7) is 0.193. The molecule has 0 radical (unpaired) electrons. The van der Waals surface area contributed by atoms with Gasteiger partial charge in [-0.2, -0.15) is 0 Å². The molecule has 1 aromatic rings. The van der Waals surface area contributed by atoms with E-state index in [1.165, 1.54) is 0 Å². The Labute approximate surface area is 82.4 Å². The van der Waals surface area contributed by atoms with Crippen LogP contribution in [-0.4, -0.2) is 19.3 Å². The molecule has 3 nitrogen and oxygen atoms in total. The van der Waals surface area contributed by atoms with Gasteiger partial charge in [0.1, 0.15) is 0 Å². The third-order valence-corrected chi connectivity index (χ3v) is 2.10. The summed E-state index contributed by atoms with van der Waals surface area (Å²) in [6, 6.07) is 5.45. The van der Waals surface area contributed by atoms with Gasteiger partial charge in [-0.3, -0.25) is 0 Å². The van der Waals surface area contributed by atoms with Crippen molar-refractivity contribution in [1.29, 1.82) is 5.41 Å². The fourth-order valence-corrected chi connectivity index (χ4v) is 1.43. The first-order valence-electron chi connectivity index (χ1n) is 3.94. The highest BCUT2D eigenvalue weighted by Gasteiger charge is 2.09. The van der Waals surface area contributed by atoms with Crippen LogP contribution in [0.25, 0.3) is 0 Å². The quantitative estimate of drug-likeness (QED) is 0.646. The number of rotatable bonds is 3. The zero-order chi connectivity index (χ0) is 9.84. The van der Waals surface area contributed by atoms with Gasteiger partial charge in [0.2, 0.25) is 0 Å². The van der Waals surface area contributed by atoms with Crippen LogP contribution >= 0.6 is 11.6 Å². The van der Waals surface area contributed by atoms with Gasteiger partial charge in [-0.1, -0.05) is 17.7 Å². The highest BCUT2D eigenvalue weighted by molar-refractivity contribution is 6.35. The van der Waals surface area contributed by atoms with Crippen molar-refractivity contribution < 1.29 is 0 Å². The minimum Gasteiger partial charge on any atom is -0.388 e. The summed E-state index contributed by atoms with van der Waals surface area (Å²) in [5.41, 5.74) is 7.25. The molecule has 0 bridgehead atoms. The second kappa shape index (κ2) is 4.25. The van der Waals surface area contributed by atoms with E-state index in [2.05, 4.69) is 5.32 Å². The molecule has 0 fully saturated rings. The molecule has 13 heavy (non-hydrogen) atoms. The molecule has 0 aromatic heterocycles. The Kier molecular flexibility index (Phi) is 3.28. The second-order valence-corrected chi connectivity index (χ2v) is 3.00. The van der Waals surface area contributed by atoms with E-state index < -0.39 is 0 Å². The van der Waals surface area contributed by atoms with Gasteiger partial charge in [0.25, 0.3) is 0 Å². The largest absolute Gasteiger partial charge is 0.388 e. The maximum atomic E-state index is 7.61. The van der Waals surface area contributed by atoms with Crippen LogP contribution in [0.15, 0.2) is 18.2 Å². The Morgan fingerprint density at radius 1 is 1.62 bits per heavy atom. The highest BCUT2D eigenvalue weighted by atomic mass is 35.5. The van der Waals surface area contributed by atoms with Crippen LogP contribution in [0.3, 0.4) is 0 Å². The van der Waals surface area contributed by atoms with Gasteiger partial charge in [0, 0.05) is 24.8 Å². The van der Waals surface area contributed by atoms with E-state index in [1.807, 2.05) is 12.1 Å². The number of anilines is 1. The maximum absolute atomic E-state index is 7.61. The minimum atomic E-state index is 0.193. The molecule has 1 aromatic carbocycles. The Balaban J connectivity index is 3.22. The Bertz CT molecular complexity index is 323. The lowest BCUT2D eigenvalue weighted by Gasteiger charge is -2.10. The van der Waals surface area contributed by atoms with Crippen LogP contribution in [0.5, 0.6) is 0 Å². The van der Waals surface area contributed by atoms with Crippen LogP contribution < -0.4 is 11.1 Å². The number of hydrogen-bond donors (Lipinski definition) is 3. The molecule has 0 aliphatic heterocycles. The molecule has 0 saturated heterocycles. The standard InChI is InChI=1S/C9H12ClN3/c1-13-8-4-2-3-6(10)9(8)7(12)5-11/h2-4,12-13H,5,11H2,1H3. The van der Waals surface area contributed by atoms with Crippen molar-refractivity contribution in [3.05, 3.63) is 28.8 Å². The average molecular weight is 198 g/mol. The predicted octanol–water partition coefficient (Wildman–Crippen LogP) is 1.71. The highest BCUT2D eigenvalue weighted by Crippen LogP contribution is 2.23. The SMILES string of the molecule is CNc1cccc(Cl)c1C(=N)CN. The normalized spacial score (nSPS) is 9.77. The fraction of sp³-hybridized carbons (Fsp3) is 0.222. The number of nitrogens with two attached hydrogens (primary N) is 1. The molecular weight excluding hydrogens is 186 g/mol. The molecule has 1 rings (SSSR count). The van der Waals surface area contributed by atoms with Gasteiger partial charge in [-0.15, -0.1) is 0 Å². The summed E-state index contributed by atoms with van der Waals surface area (Å²) in [7, 11) is 1.79. The second-order valence-electron chi connectivity index (χ2n) is 2.60. The minimum absolute atomic E-state index is 0.193. The van der Waals surface area contributed by atoms with Crippen molar-refractivity contribution in [2.45, 2.75) is 0 Å². The van der Waals surface area contributed by atoms with E-state index in [9.17, 15) is 0 Å². The third kappa shape index (κ3) is 1.99. The zero-order valence-electron chi connectivity index (χ0n) is 7.39. The molecule has 4 heteroatoms. The summed E-state index contributed by atoms with van der Waals surface area (Å²) >= 11 is 5.95. The summed E-state index contributed by atoms with van der Waals surface area (Å²) in [4.78, 5) is 0. The van der Waals surface area contributed by atoms with E-state index in [1.54, 1.807) is 13.1 Å². The van der Waals surface area contributed by atoms with Gasteiger partial charge in [-0.25, -0.2) is 0 Å². The first-order valence-corrected chi connectivity index (χ1v) is 4.32. The Hall–Kier alpha value is -1.06. The first kappa shape index (κ1) is 10.0. The molecule has 0 heterocycles. The Morgan fingerprint density at radius 2 is 2.31 bits per heavy atom. The van der Waals surface area contributed by atoms with Gasteiger partial charge in [-0.05, 0) is 12.1 Å². The van der Waals surface area contributed by atoms with Crippen molar-refractivity contribution in [3.8, 4) is 0 Å². The fourth-order valence-electron chi connectivity index (χ4n) is 1.14. The molecule has 0 aliphatic rings. The molecule has 0 saturated carbocycles. The smallest absolute Gasteiger partial charge is 0.0557 e. The van der Waals surface area contributed by atoms with E-state index in [0.29, 0.717) is 16.3 Å². The molecule has 0 atom stereocenters. The molecule has 70 valence electrons. The monoisotopic (exact) mass is 197 g/mol. The molecule has 0 amide bonds. The van der Waals surface area contributed by atoms with Crippen molar-refractivity contribution in [2.75, 3.05) is 18.9 Å². The molecule has 0 unspecified atom stereocenters. The summed E-state index contributed by atoms with van der Waals surface area (Å²) in [5, 5.41) is 11.1. The molecule has 4 N–H and O–H groups in total. The van der Waals surface area contributed by atoms with Crippen molar-refractivity contribution >= 4 is 23.0 Å². The lowest BCUT2D eigenvalue weighted by Crippen LogP contribution is -2.15. The van der Waals surface area contributed by atoms with Crippen molar-refractivity contribution in [2.24, 2.45) is 5.73 Å². The molecular formula is C9H12ClN3. The van der Waals surface area contributed by atoms with E-state index in [4.69, 9.17) is 22.7 Å². The van der Waals surface area contributed by atoms with Crippen molar-refractivity contribution in [3.63, 3.8) is 0 Å². The zero-order valence-corrected chi connectivity index (χ0v) is 8.15. The van der Waals surface area contributed by atoms with Gasteiger partial charge >= 0.3 is 0 Å². The van der Waals surface area contributed by atoms with Gasteiger partial charge < -0.3 is 16.5 Å². The number of nitrogens with one attached hydrogen (secondary N) is 2. The van der Waals surface area contributed by atoms with Crippen LogP contribution in [0.4, 0.5) is 5.69 Å². The Morgan fingerprint density at radius 3 is 2.85 bits per heavy atom. The van der Waals surface area contributed by atoms with E-state index >= 15 is 0 Å². The van der Waals surface area contributed by atoms with Gasteiger partial charge in [0.15, 0.2) is 0 Å². The lowest BCUT2D eigenvalue weighted by molar-refractivity contribution is 1.26. The lowest BCUT2D eigenvalue weighted by atomic mass is 10.1. The summed E-state index contributed by atoms with van der Waals surface area (Å²) < 4.78 is 0. The molecule has 0 aliphatic carbocycles. The third-order valence-electron chi connectivity index (χ3n) is 1.79. The van der Waals surface area contributed by atoms with Crippen LogP contribution in [-0.2, 0) is 0 Å². The van der Waals surface area contributed by atoms with Crippen LogP contribution in [0.1, 0.15) is 5.56 Å². The van der Waals surface area contributed by atoms with Crippen molar-refractivity contribution in [1.82, 2.24) is 0 Å². The molecule has 0 spiro atoms.